The molecule has 114 valence electrons. The van der Waals surface area contributed by atoms with Gasteiger partial charge in [0.1, 0.15) is 0 Å². The average Bonchev–Trinajstić information content (AvgIpc) is 2.46. The number of carboxylic acid groups (broad SMARTS) is 1. The smallest absolute Gasteiger partial charge is 0.306 e. The summed E-state index contributed by atoms with van der Waals surface area (Å²) in [5, 5.41) is 23.3. The molecule has 1 aliphatic rings. The minimum atomic E-state index is -0.753. The van der Waals surface area contributed by atoms with Gasteiger partial charge in [-0.2, -0.15) is 0 Å². The third kappa shape index (κ3) is 3.85. The van der Waals surface area contributed by atoms with Gasteiger partial charge in [0.15, 0.2) is 0 Å². The molecule has 0 bridgehead atoms. The van der Waals surface area contributed by atoms with Crippen LogP contribution in [0.5, 0.6) is 0 Å². The van der Waals surface area contributed by atoms with E-state index in [9.17, 15) is 20.0 Å². The maximum absolute atomic E-state index is 11.2. The van der Waals surface area contributed by atoms with Crippen molar-refractivity contribution in [1.29, 1.82) is 0 Å². The molecule has 0 amide bonds. The van der Waals surface area contributed by atoms with Crippen LogP contribution < -0.4 is 5.32 Å². The number of aliphatic carboxylic acids is 1. The van der Waals surface area contributed by atoms with Crippen LogP contribution >= 0.6 is 11.6 Å². The first-order valence-corrected chi connectivity index (χ1v) is 7.27. The van der Waals surface area contributed by atoms with E-state index in [1.165, 1.54) is 12.1 Å². The van der Waals surface area contributed by atoms with Crippen LogP contribution in [0.3, 0.4) is 0 Å². The van der Waals surface area contributed by atoms with Crippen molar-refractivity contribution in [2.75, 3.05) is 11.9 Å². The number of carboxylic acids is 1. The molecule has 1 aromatic carbocycles. The summed E-state index contributed by atoms with van der Waals surface area (Å²) >= 11 is 6.01. The molecule has 1 aliphatic carbocycles. The predicted octanol–water partition coefficient (Wildman–Crippen LogP) is 3.55. The second-order valence-electron chi connectivity index (χ2n) is 5.29. The predicted molar refractivity (Wildman–Crippen MR) is 79.7 cm³/mol. The number of non-ortho nitro benzene ring substituents is 1. The zero-order chi connectivity index (χ0) is 15.4. The van der Waals surface area contributed by atoms with Crippen LogP contribution in [0.25, 0.3) is 0 Å². The largest absolute Gasteiger partial charge is 0.481 e. The van der Waals surface area contributed by atoms with E-state index in [-0.39, 0.29) is 22.5 Å². The van der Waals surface area contributed by atoms with Crippen LogP contribution in [0.1, 0.15) is 25.7 Å². The van der Waals surface area contributed by atoms with Crippen LogP contribution in [0.15, 0.2) is 18.2 Å². The number of rotatable bonds is 5. The number of nitrogens with zero attached hydrogens (tertiary/aromatic N) is 1. The molecule has 2 N–H and O–H groups in total. The lowest BCUT2D eigenvalue weighted by Crippen LogP contribution is -2.31. The van der Waals surface area contributed by atoms with E-state index in [1.807, 2.05) is 0 Å². The highest BCUT2D eigenvalue weighted by atomic mass is 35.5. The van der Waals surface area contributed by atoms with Crippen molar-refractivity contribution < 1.29 is 14.8 Å². The molecule has 21 heavy (non-hydrogen) atoms. The highest BCUT2D eigenvalue weighted by Gasteiger charge is 2.30. The van der Waals surface area contributed by atoms with Crippen molar-refractivity contribution in [3.8, 4) is 0 Å². The molecule has 7 heteroatoms. The van der Waals surface area contributed by atoms with Gasteiger partial charge >= 0.3 is 5.97 Å². The molecule has 2 rings (SSSR count). The van der Waals surface area contributed by atoms with Gasteiger partial charge in [-0.05, 0) is 24.8 Å². The van der Waals surface area contributed by atoms with E-state index in [2.05, 4.69) is 5.32 Å². The molecule has 0 spiro atoms. The lowest BCUT2D eigenvalue weighted by molar-refractivity contribution is -0.384. The van der Waals surface area contributed by atoms with Crippen LogP contribution in [-0.4, -0.2) is 22.5 Å². The Kier molecular flexibility index (Phi) is 5.01. The SMILES string of the molecule is O=C(O)C1CCCCC1CNc1ccc([N+](=O)[O-])cc1Cl. The minimum absolute atomic E-state index is 0.0579. The highest BCUT2D eigenvalue weighted by Crippen LogP contribution is 2.32. The maximum atomic E-state index is 11.2. The number of hydrogen-bond acceptors (Lipinski definition) is 4. The number of anilines is 1. The van der Waals surface area contributed by atoms with E-state index in [0.29, 0.717) is 18.7 Å². The Bertz CT molecular complexity index is 550. The van der Waals surface area contributed by atoms with E-state index >= 15 is 0 Å². The molecular formula is C14H17ClN2O4. The van der Waals surface area contributed by atoms with Gasteiger partial charge in [-0.1, -0.05) is 24.4 Å². The van der Waals surface area contributed by atoms with Crippen molar-refractivity contribution in [1.82, 2.24) is 0 Å². The fourth-order valence-electron chi connectivity index (χ4n) is 2.78. The van der Waals surface area contributed by atoms with Crippen molar-refractivity contribution in [3.63, 3.8) is 0 Å². The first-order valence-electron chi connectivity index (χ1n) is 6.89. The van der Waals surface area contributed by atoms with Gasteiger partial charge in [-0.15, -0.1) is 0 Å². The van der Waals surface area contributed by atoms with Gasteiger partial charge in [0, 0.05) is 18.7 Å². The molecule has 0 saturated heterocycles. The summed E-state index contributed by atoms with van der Waals surface area (Å²) in [5.74, 6) is -1.03. The van der Waals surface area contributed by atoms with Crippen LogP contribution in [0.2, 0.25) is 5.02 Å². The first-order chi connectivity index (χ1) is 9.99. The zero-order valence-corrected chi connectivity index (χ0v) is 12.2. The van der Waals surface area contributed by atoms with Gasteiger partial charge < -0.3 is 10.4 Å². The maximum Gasteiger partial charge on any atom is 0.306 e. The number of nitrogens with one attached hydrogen (secondary N) is 1. The monoisotopic (exact) mass is 312 g/mol. The van der Waals surface area contributed by atoms with Crippen LogP contribution in [0.4, 0.5) is 11.4 Å². The van der Waals surface area contributed by atoms with Gasteiger partial charge in [0.05, 0.1) is 21.6 Å². The minimum Gasteiger partial charge on any atom is -0.481 e. The molecule has 0 heterocycles. The molecule has 1 fully saturated rings. The topological polar surface area (TPSA) is 92.5 Å². The van der Waals surface area contributed by atoms with Gasteiger partial charge in [-0.25, -0.2) is 0 Å². The number of nitro benzene ring substituents is 1. The summed E-state index contributed by atoms with van der Waals surface area (Å²) in [6, 6.07) is 4.22. The molecule has 0 radical (unpaired) electrons. The second-order valence-corrected chi connectivity index (χ2v) is 5.70. The Balaban J connectivity index is 2.02. The Morgan fingerprint density at radius 3 is 2.76 bits per heavy atom. The Labute approximate surface area is 127 Å². The third-order valence-electron chi connectivity index (χ3n) is 3.94. The average molecular weight is 313 g/mol. The first kappa shape index (κ1) is 15.6. The van der Waals surface area contributed by atoms with Crippen molar-refractivity contribution in [2.24, 2.45) is 11.8 Å². The number of carbonyl (C=O) groups is 1. The summed E-state index contributed by atoms with van der Waals surface area (Å²) in [4.78, 5) is 21.4. The Morgan fingerprint density at radius 1 is 1.43 bits per heavy atom. The van der Waals surface area contributed by atoms with Gasteiger partial charge in [0.2, 0.25) is 0 Å². The summed E-state index contributed by atoms with van der Waals surface area (Å²) in [7, 11) is 0. The molecule has 0 aromatic heterocycles. The van der Waals surface area contributed by atoms with Crippen LogP contribution in [0, 0.1) is 22.0 Å². The molecule has 6 nitrogen and oxygen atoms in total. The van der Waals surface area contributed by atoms with E-state index in [4.69, 9.17) is 11.6 Å². The fourth-order valence-corrected chi connectivity index (χ4v) is 3.02. The number of halogens is 1. The Morgan fingerprint density at radius 2 is 2.14 bits per heavy atom. The Hall–Kier alpha value is -1.82. The van der Waals surface area contributed by atoms with Crippen molar-refractivity contribution >= 4 is 28.9 Å². The van der Waals surface area contributed by atoms with Crippen LogP contribution in [-0.2, 0) is 4.79 Å². The lowest BCUT2D eigenvalue weighted by Gasteiger charge is -2.29. The summed E-state index contributed by atoms with van der Waals surface area (Å²) < 4.78 is 0. The van der Waals surface area contributed by atoms with E-state index in [1.54, 1.807) is 6.07 Å². The molecule has 2 atom stereocenters. The van der Waals surface area contributed by atoms with Gasteiger partial charge in [-0.3, -0.25) is 14.9 Å². The molecule has 2 unspecified atom stereocenters. The van der Waals surface area contributed by atoms with Gasteiger partial charge in [0.25, 0.3) is 5.69 Å². The standard InChI is InChI=1S/C14H17ClN2O4/c15-12-7-10(17(20)21)5-6-13(12)16-8-9-3-1-2-4-11(9)14(18)19/h5-7,9,11,16H,1-4,8H2,(H,18,19). The number of nitro groups is 1. The number of benzene rings is 1. The molecule has 1 aromatic rings. The highest BCUT2D eigenvalue weighted by molar-refractivity contribution is 6.33. The molecule has 1 saturated carbocycles. The number of hydrogen-bond donors (Lipinski definition) is 2. The third-order valence-corrected chi connectivity index (χ3v) is 4.26. The van der Waals surface area contributed by atoms with Crippen molar-refractivity contribution in [2.45, 2.75) is 25.7 Å². The fraction of sp³-hybridized carbons (Fsp3) is 0.500. The summed E-state index contributed by atoms with van der Waals surface area (Å²) in [5.41, 5.74) is 0.531. The van der Waals surface area contributed by atoms with Crippen molar-refractivity contribution in [3.05, 3.63) is 33.3 Å². The summed E-state index contributed by atoms with van der Waals surface area (Å²) in [6.07, 6.45) is 3.56. The van der Waals surface area contributed by atoms with E-state index < -0.39 is 10.9 Å². The quantitative estimate of drug-likeness (QED) is 0.640. The molecular weight excluding hydrogens is 296 g/mol. The summed E-state index contributed by atoms with van der Waals surface area (Å²) in [6.45, 7) is 0.508. The van der Waals surface area contributed by atoms with E-state index in [0.717, 1.165) is 19.3 Å². The molecule has 0 aliphatic heterocycles. The normalized spacial score (nSPS) is 21.8. The zero-order valence-electron chi connectivity index (χ0n) is 11.4. The second kappa shape index (κ2) is 6.76. The lowest BCUT2D eigenvalue weighted by atomic mass is 9.79.